The average molecular weight is 267 g/mol. The van der Waals surface area contributed by atoms with Crippen molar-refractivity contribution in [1.29, 1.82) is 0 Å². The van der Waals surface area contributed by atoms with Gasteiger partial charge in [0.15, 0.2) is 0 Å². The number of benzene rings is 1. The summed E-state index contributed by atoms with van der Waals surface area (Å²) in [7, 11) is -3.58. The Labute approximate surface area is 108 Å². The van der Waals surface area contributed by atoms with Crippen LogP contribution in [0, 0.1) is 12.3 Å². The molecule has 0 bridgehead atoms. The monoisotopic (exact) mass is 267 g/mol. The Bertz CT molecular complexity index is 531. The summed E-state index contributed by atoms with van der Waals surface area (Å²) in [4.78, 5) is 0.165. The Morgan fingerprint density at radius 1 is 1.44 bits per heavy atom. The Morgan fingerprint density at radius 3 is 2.72 bits per heavy atom. The van der Waals surface area contributed by atoms with Crippen molar-refractivity contribution in [2.45, 2.75) is 24.8 Å². The summed E-state index contributed by atoms with van der Waals surface area (Å²) in [6.45, 7) is 2.14. The zero-order chi connectivity index (χ0) is 13.6. The Kier molecular flexibility index (Phi) is 5.35. The normalized spacial score (nSPS) is 11.4. The molecular formula is C13H17NO3S. The molecule has 0 aliphatic heterocycles. The van der Waals surface area contributed by atoms with Crippen LogP contribution in [-0.4, -0.2) is 30.9 Å². The largest absolute Gasteiger partial charge is 0.392 e. The van der Waals surface area contributed by atoms with E-state index in [4.69, 9.17) is 11.5 Å². The van der Waals surface area contributed by atoms with E-state index in [-0.39, 0.29) is 18.0 Å². The molecule has 5 heteroatoms. The van der Waals surface area contributed by atoms with Gasteiger partial charge >= 0.3 is 0 Å². The first-order valence-corrected chi connectivity index (χ1v) is 7.13. The minimum Gasteiger partial charge on any atom is -0.392 e. The van der Waals surface area contributed by atoms with E-state index in [9.17, 15) is 8.42 Å². The van der Waals surface area contributed by atoms with Crippen LogP contribution >= 0.6 is 0 Å². The number of aliphatic hydroxyl groups is 1. The minimum atomic E-state index is -3.58. The second kappa shape index (κ2) is 6.55. The fourth-order valence-electron chi connectivity index (χ4n) is 1.59. The summed E-state index contributed by atoms with van der Waals surface area (Å²) in [5.74, 6) is 2.35. The van der Waals surface area contributed by atoms with E-state index in [1.807, 2.05) is 6.92 Å². The molecule has 0 aromatic heterocycles. The van der Waals surface area contributed by atoms with Crippen LogP contribution in [0.1, 0.15) is 18.9 Å². The summed E-state index contributed by atoms with van der Waals surface area (Å²) in [6.07, 6.45) is 5.89. The van der Waals surface area contributed by atoms with Crippen molar-refractivity contribution in [3.63, 3.8) is 0 Å². The lowest BCUT2D eigenvalue weighted by Gasteiger charge is -2.19. The van der Waals surface area contributed by atoms with Crippen LogP contribution in [0.4, 0.5) is 0 Å². The van der Waals surface area contributed by atoms with E-state index in [1.165, 1.54) is 16.4 Å². The van der Waals surface area contributed by atoms with Crippen molar-refractivity contribution < 1.29 is 13.5 Å². The third kappa shape index (κ3) is 3.33. The molecule has 0 saturated heterocycles. The third-order valence-corrected chi connectivity index (χ3v) is 4.30. The van der Waals surface area contributed by atoms with Crippen LogP contribution in [0.25, 0.3) is 0 Å². The van der Waals surface area contributed by atoms with Gasteiger partial charge < -0.3 is 5.11 Å². The maximum absolute atomic E-state index is 12.3. The number of rotatable bonds is 6. The maximum Gasteiger partial charge on any atom is 0.243 e. The average Bonchev–Trinajstić information content (AvgIpc) is 2.38. The van der Waals surface area contributed by atoms with E-state index in [0.29, 0.717) is 18.5 Å². The number of hydrogen-bond donors (Lipinski definition) is 1. The van der Waals surface area contributed by atoms with Crippen molar-refractivity contribution in [3.8, 4) is 12.3 Å². The number of hydrogen-bond acceptors (Lipinski definition) is 3. The van der Waals surface area contributed by atoms with Gasteiger partial charge in [0.2, 0.25) is 10.0 Å². The van der Waals surface area contributed by atoms with Gasteiger partial charge in [-0.15, -0.1) is 6.42 Å². The Balaban J connectivity index is 3.13. The van der Waals surface area contributed by atoms with Crippen molar-refractivity contribution in [2.75, 3.05) is 13.1 Å². The van der Waals surface area contributed by atoms with Crippen molar-refractivity contribution in [3.05, 3.63) is 29.8 Å². The zero-order valence-electron chi connectivity index (χ0n) is 10.3. The molecule has 0 amide bonds. The molecule has 0 unspecified atom stereocenters. The van der Waals surface area contributed by atoms with Crippen LogP contribution in [0.15, 0.2) is 29.2 Å². The summed E-state index contributed by atoms with van der Waals surface area (Å²) < 4.78 is 25.9. The van der Waals surface area contributed by atoms with Gasteiger partial charge in [-0.1, -0.05) is 25.0 Å². The Morgan fingerprint density at radius 2 is 2.17 bits per heavy atom. The third-order valence-electron chi connectivity index (χ3n) is 2.46. The Hall–Kier alpha value is -1.35. The topological polar surface area (TPSA) is 57.6 Å². The number of aliphatic hydroxyl groups excluding tert-OH is 1. The lowest BCUT2D eigenvalue weighted by Crippen LogP contribution is -2.32. The van der Waals surface area contributed by atoms with Gasteiger partial charge in [0.25, 0.3) is 0 Å². The molecule has 18 heavy (non-hydrogen) atoms. The van der Waals surface area contributed by atoms with Gasteiger partial charge in [0.1, 0.15) is 0 Å². The van der Waals surface area contributed by atoms with Crippen LogP contribution < -0.4 is 0 Å². The molecule has 0 radical (unpaired) electrons. The highest BCUT2D eigenvalue weighted by atomic mass is 32.2. The summed E-state index contributed by atoms with van der Waals surface area (Å²) in [5.41, 5.74) is 0.563. The van der Waals surface area contributed by atoms with Crippen molar-refractivity contribution in [2.24, 2.45) is 0 Å². The van der Waals surface area contributed by atoms with Crippen molar-refractivity contribution in [1.82, 2.24) is 4.31 Å². The number of terminal acetylenes is 1. The van der Waals surface area contributed by atoms with E-state index < -0.39 is 10.0 Å². The molecule has 0 fully saturated rings. The highest BCUT2D eigenvalue weighted by Crippen LogP contribution is 2.17. The predicted molar refractivity (Wildman–Crippen MR) is 70.2 cm³/mol. The molecule has 0 atom stereocenters. The molecule has 1 aromatic carbocycles. The molecule has 1 aromatic rings. The fraction of sp³-hybridized carbons (Fsp3) is 0.385. The first-order chi connectivity index (χ1) is 8.56. The van der Waals surface area contributed by atoms with Crippen LogP contribution in [0.2, 0.25) is 0 Å². The summed E-state index contributed by atoms with van der Waals surface area (Å²) in [5, 5.41) is 9.03. The zero-order valence-corrected chi connectivity index (χ0v) is 11.2. The molecular weight excluding hydrogens is 250 g/mol. The SMILES string of the molecule is C#CCN(CCC)S(=O)(=O)c1cccc(CO)c1. The van der Waals surface area contributed by atoms with Crippen LogP contribution in [0.5, 0.6) is 0 Å². The molecule has 1 N–H and O–H groups in total. The number of sulfonamides is 1. The van der Waals surface area contributed by atoms with E-state index in [1.54, 1.807) is 12.1 Å². The van der Waals surface area contributed by atoms with Gasteiger partial charge in [-0.2, -0.15) is 4.31 Å². The predicted octanol–water partition coefficient (Wildman–Crippen LogP) is 1.21. The summed E-state index contributed by atoms with van der Waals surface area (Å²) in [6, 6.07) is 6.25. The lowest BCUT2D eigenvalue weighted by atomic mass is 10.2. The van der Waals surface area contributed by atoms with Gasteiger partial charge in [-0.25, -0.2) is 8.42 Å². The van der Waals surface area contributed by atoms with Gasteiger partial charge in [0, 0.05) is 6.54 Å². The van der Waals surface area contributed by atoms with E-state index >= 15 is 0 Å². The maximum atomic E-state index is 12.3. The summed E-state index contributed by atoms with van der Waals surface area (Å²) >= 11 is 0. The first kappa shape index (κ1) is 14.7. The van der Waals surface area contributed by atoms with Crippen molar-refractivity contribution >= 4 is 10.0 Å². The quantitative estimate of drug-likeness (QED) is 0.788. The molecule has 0 aliphatic carbocycles. The second-order valence-corrected chi connectivity index (χ2v) is 5.79. The smallest absolute Gasteiger partial charge is 0.243 e. The van der Waals surface area contributed by atoms with E-state index in [2.05, 4.69) is 5.92 Å². The molecule has 0 heterocycles. The van der Waals surface area contributed by atoms with Gasteiger partial charge in [-0.3, -0.25) is 0 Å². The first-order valence-electron chi connectivity index (χ1n) is 5.69. The van der Waals surface area contributed by atoms with E-state index in [0.717, 1.165) is 0 Å². The molecule has 0 spiro atoms. The highest BCUT2D eigenvalue weighted by Gasteiger charge is 2.22. The molecule has 1 rings (SSSR count). The fourth-order valence-corrected chi connectivity index (χ4v) is 3.11. The second-order valence-electron chi connectivity index (χ2n) is 3.85. The minimum absolute atomic E-state index is 0.0551. The number of nitrogens with zero attached hydrogens (tertiary/aromatic N) is 1. The van der Waals surface area contributed by atoms with Crippen LogP contribution in [-0.2, 0) is 16.6 Å². The van der Waals surface area contributed by atoms with Crippen LogP contribution in [0.3, 0.4) is 0 Å². The molecule has 4 nitrogen and oxygen atoms in total. The highest BCUT2D eigenvalue weighted by molar-refractivity contribution is 7.89. The molecule has 0 saturated carbocycles. The lowest BCUT2D eigenvalue weighted by molar-refractivity contribution is 0.281. The van der Waals surface area contributed by atoms with Gasteiger partial charge in [0.05, 0.1) is 18.0 Å². The van der Waals surface area contributed by atoms with Gasteiger partial charge in [-0.05, 0) is 24.1 Å². The standard InChI is InChI=1S/C13H17NO3S/c1-3-8-14(9-4-2)18(16,17)13-7-5-6-12(10-13)11-15/h1,5-7,10,15H,4,8-9,11H2,2H3. The molecule has 0 aliphatic rings. The molecule has 98 valence electrons.